The van der Waals surface area contributed by atoms with Gasteiger partial charge in [0.05, 0.1) is 26.2 Å². The van der Waals surface area contributed by atoms with Crippen LogP contribution >= 0.6 is 45.3 Å². The molecule has 0 aliphatic carbocycles. The molecule has 0 N–H and O–H groups in total. The third-order valence-corrected chi connectivity index (χ3v) is 8.91. The maximum absolute atomic E-state index is 13.6. The van der Waals surface area contributed by atoms with Gasteiger partial charge in [-0.25, -0.2) is 4.98 Å². The van der Waals surface area contributed by atoms with Crippen molar-refractivity contribution in [3.63, 3.8) is 0 Å². The summed E-state index contributed by atoms with van der Waals surface area (Å²) in [4.78, 5) is 39.8. The number of carbonyl (C=O) groups is 2. The summed E-state index contributed by atoms with van der Waals surface area (Å²) in [5, 5.41) is 8.04. The molecule has 0 unspecified atom stereocenters. The molecule has 5 heterocycles. The lowest BCUT2D eigenvalue weighted by Gasteiger charge is -2.23. The zero-order valence-corrected chi connectivity index (χ0v) is 22.5. The van der Waals surface area contributed by atoms with E-state index in [2.05, 4.69) is 4.98 Å². The Labute approximate surface area is 225 Å². The van der Waals surface area contributed by atoms with Crippen molar-refractivity contribution in [1.82, 2.24) is 14.8 Å². The van der Waals surface area contributed by atoms with E-state index in [-0.39, 0.29) is 23.2 Å². The van der Waals surface area contributed by atoms with E-state index in [0.29, 0.717) is 26.2 Å². The molecule has 0 bridgehead atoms. The fraction of sp³-hybridized carbons (Fsp3) is 0.148. The van der Waals surface area contributed by atoms with E-state index in [0.717, 1.165) is 19.5 Å². The molecule has 5 aromatic rings. The Kier molecular flexibility index (Phi) is 8.02. The molecule has 0 aliphatic rings. The van der Waals surface area contributed by atoms with Gasteiger partial charge in [0, 0.05) is 19.5 Å². The van der Waals surface area contributed by atoms with Gasteiger partial charge in [-0.1, -0.05) is 30.3 Å². The summed E-state index contributed by atoms with van der Waals surface area (Å²) in [5.41, 5.74) is 0.558. The average Bonchev–Trinajstić information content (AvgIpc) is 3.71. The van der Waals surface area contributed by atoms with Crippen LogP contribution in [-0.4, -0.2) is 26.6 Å². The molecule has 0 radical (unpaired) electrons. The van der Waals surface area contributed by atoms with Crippen molar-refractivity contribution in [2.75, 3.05) is 0 Å². The molecule has 0 saturated heterocycles. The quantitative estimate of drug-likeness (QED) is 0.188. The van der Waals surface area contributed by atoms with E-state index in [4.69, 9.17) is 0 Å². The number of hydrogen-bond donors (Lipinski definition) is 0. The van der Waals surface area contributed by atoms with Crippen LogP contribution in [0, 0.1) is 0 Å². The summed E-state index contributed by atoms with van der Waals surface area (Å²) in [6, 6.07) is 21.2. The maximum atomic E-state index is 13.6. The molecule has 5 rings (SSSR count). The van der Waals surface area contributed by atoms with Crippen LogP contribution in [0.25, 0.3) is 0 Å². The third-order valence-electron chi connectivity index (χ3n) is 5.47. The lowest BCUT2D eigenvalue weighted by atomic mass is 10.2. The highest BCUT2D eigenvalue weighted by molar-refractivity contribution is 7.10. The molecule has 0 saturated carbocycles. The summed E-state index contributed by atoms with van der Waals surface area (Å²) < 4.78 is 0. The van der Waals surface area contributed by atoms with Crippen LogP contribution in [0.4, 0.5) is 0 Å². The molecule has 182 valence electrons. The first kappa shape index (κ1) is 24.6. The van der Waals surface area contributed by atoms with Gasteiger partial charge in [0.15, 0.2) is 0 Å². The van der Waals surface area contributed by atoms with Crippen LogP contribution in [-0.2, 0) is 26.2 Å². The standard InChI is InChI=1S/C27H23N3O2S4/c31-26(29(16-20-6-2-12-33-20)17-21-7-3-13-34-21)24-10-1-11-25(28-24)27(32)30(18-22-8-4-14-35-22)19-23-9-5-15-36-23/h1-15H,16-19H2. The molecule has 0 atom stereocenters. The Morgan fingerprint density at radius 2 is 0.861 bits per heavy atom. The highest BCUT2D eigenvalue weighted by Crippen LogP contribution is 2.21. The van der Waals surface area contributed by atoms with Crippen LogP contribution < -0.4 is 0 Å². The Bertz CT molecular complexity index is 1200. The predicted octanol–water partition coefficient (Wildman–Crippen LogP) is 7.01. The number of thiophene rings is 4. The number of rotatable bonds is 10. The van der Waals surface area contributed by atoms with E-state index in [1.54, 1.807) is 73.3 Å². The summed E-state index contributed by atoms with van der Waals surface area (Å²) in [6.07, 6.45) is 0. The van der Waals surface area contributed by atoms with Gasteiger partial charge in [-0.2, -0.15) is 0 Å². The van der Waals surface area contributed by atoms with Crippen molar-refractivity contribution >= 4 is 57.2 Å². The first-order valence-electron chi connectivity index (χ1n) is 11.3. The highest BCUT2D eigenvalue weighted by atomic mass is 32.1. The van der Waals surface area contributed by atoms with Crippen LogP contribution in [0.2, 0.25) is 0 Å². The Hall–Kier alpha value is -3.11. The predicted molar refractivity (Wildman–Crippen MR) is 149 cm³/mol. The molecular formula is C27H23N3O2S4. The number of aromatic nitrogens is 1. The number of carbonyl (C=O) groups excluding carboxylic acids is 2. The van der Waals surface area contributed by atoms with Crippen molar-refractivity contribution < 1.29 is 9.59 Å². The second kappa shape index (κ2) is 11.7. The van der Waals surface area contributed by atoms with Crippen LogP contribution in [0.1, 0.15) is 40.5 Å². The Balaban J connectivity index is 1.39. The van der Waals surface area contributed by atoms with Gasteiger partial charge in [0.2, 0.25) is 0 Å². The molecule has 2 amide bonds. The van der Waals surface area contributed by atoms with Gasteiger partial charge in [0.25, 0.3) is 11.8 Å². The molecule has 0 aromatic carbocycles. The molecule has 36 heavy (non-hydrogen) atoms. The molecule has 0 spiro atoms. The zero-order chi connectivity index (χ0) is 24.7. The SMILES string of the molecule is O=C(c1cccc(C(=O)N(Cc2cccs2)Cc2cccs2)n1)N(Cc1cccs1)Cc1cccs1. The van der Waals surface area contributed by atoms with Crippen molar-refractivity contribution in [3.05, 3.63) is 119 Å². The van der Waals surface area contributed by atoms with Crippen LogP contribution in [0.5, 0.6) is 0 Å². The molecular weight excluding hydrogens is 527 g/mol. The molecule has 5 nitrogen and oxygen atoms in total. The van der Waals surface area contributed by atoms with Crippen molar-refractivity contribution in [2.24, 2.45) is 0 Å². The second-order valence-electron chi connectivity index (χ2n) is 8.05. The minimum Gasteiger partial charge on any atom is -0.327 e. The lowest BCUT2D eigenvalue weighted by molar-refractivity contribution is 0.0719. The fourth-order valence-corrected chi connectivity index (χ4v) is 6.64. The van der Waals surface area contributed by atoms with Gasteiger partial charge < -0.3 is 9.80 Å². The highest BCUT2D eigenvalue weighted by Gasteiger charge is 2.23. The summed E-state index contributed by atoms with van der Waals surface area (Å²) in [7, 11) is 0. The normalized spacial score (nSPS) is 10.9. The number of nitrogens with zero attached hydrogens (tertiary/aromatic N) is 3. The van der Waals surface area contributed by atoms with E-state index in [9.17, 15) is 9.59 Å². The molecule has 9 heteroatoms. The van der Waals surface area contributed by atoms with E-state index in [1.807, 2.05) is 70.1 Å². The molecule has 0 fully saturated rings. The molecule has 0 aliphatic heterocycles. The average molecular weight is 550 g/mol. The third kappa shape index (κ3) is 6.17. The van der Waals surface area contributed by atoms with E-state index >= 15 is 0 Å². The monoisotopic (exact) mass is 549 g/mol. The van der Waals surface area contributed by atoms with Gasteiger partial charge in [-0.15, -0.1) is 45.3 Å². The van der Waals surface area contributed by atoms with Gasteiger partial charge in [0.1, 0.15) is 11.4 Å². The first-order chi connectivity index (χ1) is 17.7. The number of amides is 2. The number of hydrogen-bond acceptors (Lipinski definition) is 7. The van der Waals surface area contributed by atoms with Crippen LogP contribution in [0.15, 0.2) is 88.3 Å². The van der Waals surface area contributed by atoms with E-state index < -0.39 is 0 Å². The molecule has 5 aromatic heterocycles. The van der Waals surface area contributed by atoms with Crippen molar-refractivity contribution in [3.8, 4) is 0 Å². The lowest BCUT2D eigenvalue weighted by Crippen LogP contribution is -2.32. The number of pyridine rings is 1. The minimum absolute atomic E-state index is 0.186. The maximum Gasteiger partial charge on any atom is 0.273 e. The zero-order valence-electron chi connectivity index (χ0n) is 19.3. The second-order valence-corrected chi connectivity index (χ2v) is 12.2. The summed E-state index contributed by atoms with van der Waals surface area (Å²) >= 11 is 6.49. The van der Waals surface area contributed by atoms with E-state index in [1.165, 1.54) is 0 Å². The largest absolute Gasteiger partial charge is 0.327 e. The van der Waals surface area contributed by atoms with Gasteiger partial charge in [-0.3, -0.25) is 9.59 Å². The Morgan fingerprint density at radius 1 is 0.528 bits per heavy atom. The van der Waals surface area contributed by atoms with Gasteiger partial charge >= 0.3 is 0 Å². The Morgan fingerprint density at radius 3 is 1.14 bits per heavy atom. The summed E-state index contributed by atoms with van der Waals surface area (Å²) in [5.74, 6) is -0.371. The first-order valence-corrected chi connectivity index (χ1v) is 14.8. The van der Waals surface area contributed by atoms with Gasteiger partial charge in [-0.05, 0) is 57.9 Å². The minimum atomic E-state index is -0.186. The fourth-order valence-electron chi connectivity index (χ4n) is 3.76. The summed E-state index contributed by atoms with van der Waals surface area (Å²) in [6.45, 7) is 1.99. The van der Waals surface area contributed by atoms with Crippen LogP contribution in [0.3, 0.4) is 0 Å². The smallest absolute Gasteiger partial charge is 0.273 e. The van der Waals surface area contributed by atoms with Crippen molar-refractivity contribution in [2.45, 2.75) is 26.2 Å². The topological polar surface area (TPSA) is 53.5 Å². The van der Waals surface area contributed by atoms with Crippen molar-refractivity contribution in [1.29, 1.82) is 0 Å².